The van der Waals surface area contributed by atoms with Crippen LogP contribution in [0.4, 0.5) is 0 Å². The zero-order valence-corrected chi connectivity index (χ0v) is 15.2. The highest BCUT2D eigenvalue weighted by Gasteiger charge is 2.35. The molecule has 25 heavy (non-hydrogen) atoms. The van der Waals surface area contributed by atoms with Gasteiger partial charge in [-0.25, -0.2) is 0 Å². The van der Waals surface area contributed by atoms with E-state index in [1.807, 2.05) is 11.0 Å². The predicted molar refractivity (Wildman–Crippen MR) is 96.9 cm³/mol. The Bertz CT molecular complexity index is 602. The number of piperidine rings is 1. The van der Waals surface area contributed by atoms with Crippen molar-refractivity contribution in [2.45, 2.75) is 38.3 Å². The summed E-state index contributed by atoms with van der Waals surface area (Å²) in [4.78, 5) is 17.7. The Labute approximate surface area is 149 Å². The summed E-state index contributed by atoms with van der Waals surface area (Å²) in [5, 5.41) is 13.3. The van der Waals surface area contributed by atoms with Crippen molar-refractivity contribution >= 4 is 5.91 Å². The second-order valence-electron chi connectivity index (χ2n) is 7.01. The minimum atomic E-state index is -0.329. The summed E-state index contributed by atoms with van der Waals surface area (Å²) in [5.74, 6) is 0.682. The van der Waals surface area contributed by atoms with Gasteiger partial charge in [-0.1, -0.05) is 6.07 Å². The molecule has 2 unspecified atom stereocenters. The van der Waals surface area contributed by atoms with Gasteiger partial charge in [0.05, 0.1) is 7.11 Å². The third kappa shape index (κ3) is 3.90. The number of nitrogens with zero attached hydrogens (tertiary/aromatic N) is 2. The molecule has 0 bridgehead atoms. The zero-order valence-electron chi connectivity index (χ0n) is 15.2. The lowest BCUT2D eigenvalue weighted by atomic mass is 9.99. The van der Waals surface area contributed by atoms with Crippen LogP contribution in [0.3, 0.4) is 0 Å². The number of likely N-dealkylation sites (tertiary alicyclic amines) is 1. The molecule has 6 nitrogen and oxygen atoms in total. The number of phenolic OH excluding ortho intramolecular Hbond substituents is 1. The second-order valence-corrected chi connectivity index (χ2v) is 7.01. The van der Waals surface area contributed by atoms with E-state index in [-0.39, 0.29) is 23.7 Å². The van der Waals surface area contributed by atoms with Crippen molar-refractivity contribution in [3.63, 3.8) is 0 Å². The van der Waals surface area contributed by atoms with E-state index in [4.69, 9.17) is 4.74 Å². The third-order valence-corrected chi connectivity index (χ3v) is 5.31. The van der Waals surface area contributed by atoms with Crippen LogP contribution >= 0.6 is 0 Å². The molecular weight excluding hydrogens is 318 g/mol. The van der Waals surface area contributed by atoms with Crippen molar-refractivity contribution in [1.29, 1.82) is 0 Å². The van der Waals surface area contributed by atoms with Crippen LogP contribution < -0.4 is 10.1 Å². The van der Waals surface area contributed by atoms with E-state index in [1.54, 1.807) is 12.1 Å². The molecule has 1 amide bonds. The molecule has 0 aromatic heterocycles. The van der Waals surface area contributed by atoms with E-state index in [2.05, 4.69) is 17.1 Å². The van der Waals surface area contributed by atoms with Crippen molar-refractivity contribution in [2.75, 3.05) is 39.8 Å². The zero-order chi connectivity index (χ0) is 17.8. The fraction of sp³-hybridized carbons (Fsp3) is 0.632. The Balaban J connectivity index is 1.94. The highest BCUT2D eigenvalue weighted by Crippen LogP contribution is 2.33. The second kappa shape index (κ2) is 8.06. The van der Waals surface area contributed by atoms with Gasteiger partial charge in [0.1, 0.15) is 6.04 Å². The highest BCUT2D eigenvalue weighted by atomic mass is 16.5. The molecule has 2 aliphatic rings. The number of aromatic hydroxyl groups is 1. The molecule has 0 aliphatic carbocycles. The lowest BCUT2D eigenvalue weighted by Crippen LogP contribution is -2.55. The standard InChI is InChI=1S/C19H29N3O3/c1-14-13-20-8-11-22(14)18(19(24)21-9-4-3-5-10-21)15-6-7-16(23)17(12-15)25-2/h6-7,12,14,18,20,23H,3-5,8-11,13H2,1-2H3. The molecule has 2 heterocycles. The minimum Gasteiger partial charge on any atom is -0.504 e. The average molecular weight is 347 g/mol. The van der Waals surface area contributed by atoms with Gasteiger partial charge in [-0.05, 0) is 43.9 Å². The molecule has 0 saturated carbocycles. The number of piperazine rings is 1. The van der Waals surface area contributed by atoms with Crippen molar-refractivity contribution in [3.8, 4) is 11.5 Å². The first kappa shape index (κ1) is 18.0. The van der Waals surface area contributed by atoms with Crippen molar-refractivity contribution in [3.05, 3.63) is 23.8 Å². The molecule has 2 N–H and O–H groups in total. The van der Waals surface area contributed by atoms with Gasteiger partial charge in [0.15, 0.2) is 11.5 Å². The van der Waals surface area contributed by atoms with Gasteiger partial charge in [-0.3, -0.25) is 9.69 Å². The van der Waals surface area contributed by atoms with E-state index in [0.29, 0.717) is 5.75 Å². The minimum absolute atomic E-state index is 0.101. The van der Waals surface area contributed by atoms with Crippen LogP contribution in [0.1, 0.15) is 37.8 Å². The highest BCUT2D eigenvalue weighted by molar-refractivity contribution is 5.83. The van der Waals surface area contributed by atoms with Crippen LogP contribution in [-0.2, 0) is 4.79 Å². The molecule has 1 aromatic rings. The number of benzene rings is 1. The Hall–Kier alpha value is -1.79. The first-order valence-corrected chi connectivity index (χ1v) is 9.24. The number of phenols is 1. The van der Waals surface area contributed by atoms with Crippen LogP contribution in [0.15, 0.2) is 18.2 Å². The number of hydrogen-bond acceptors (Lipinski definition) is 5. The Kier molecular flexibility index (Phi) is 5.81. The lowest BCUT2D eigenvalue weighted by molar-refractivity contribution is -0.139. The molecular formula is C19H29N3O3. The van der Waals surface area contributed by atoms with Gasteiger partial charge in [-0.2, -0.15) is 0 Å². The average Bonchev–Trinajstić information content (AvgIpc) is 2.65. The summed E-state index contributed by atoms with van der Waals surface area (Å²) in [5.41, 5.74) is 0.888. The Morgan fingerprint density at radius 2 is 2.04 bits per heavy atom. The normalized spacial score (nSPS) is 23.3. The quantitative estimate of drug-likeness (QED) is 0.869. The van der Waals surface area contributed by atoms with Gasteiger partial charge in [0.25, 0.3) is 0 Å². The van der Waals surface area contributed by atoms with Crippen molar-refractivity contribution in [2.24, 2.45) is 0 Å². The van der Waals surface area contributed by atoms with E-state index < -0.39 is 0 Å². The summed E-state index contributed by atoms with van der Waals surface area (Å²) >= 11 is 0. The first-order chi connectivity index (χ1) is 12.1. The number of ether oxygens (including phenoxy) is 1. The molecule has 3 rings (SSSR count). The predicted octanol–water partition coefficient (Wildman–Crippen LogP) is 1.75. The number of methoxy groups -OCH3 is 1. The van der Waals surface area contributed by atoms with Gasteiger partial charge in [0, 0.05) is 38.8 Å². The van der Waals surface area contributed by atoms with Gasteiger partial charge < -0.3 is 20.1 Å². The van der Waals surface area contributed by atoms with Crippen LogP contribution in [0, 0.1) is 0 Å². The lowest BCUT2D eigenvalue weighted by Gasteiger charge is -2.42. The van der Waals surface area contributed by atoms with E-state index in [0.717, 1.165) is 51.1 Å². The fourth-order valence-electron chi connectivity index (χ4n) is 3.87. The largest absolute Gasteiger partial charge is 0.504 e. The number of hydrogen-bond donors (Lipinski definition) is 2. The fourth-order valence-corrected chi connectivity index (χ4v) is 3.87. The van der Waals surface area contributed by atoms with Crippen LogP contribution in [0.2, 0.25) is 0 Å². The Morgan fingerprint density at radius 1 is 1.28 bits per heavy atom. The van der Waals surface area contributed by atoms with E-state index >= 15 is 0 Å². The number of amides is 1. The monoisotopic (exact) mass is 347 g/mol. The number of carbonyl (C=O) groups excluding carboxylic acids is 1. The number of carbonyl (C=O) groups is 1. The third-order valence-electron chi connectivity index (χ3n) is 5.31. The summed E-state index contributed by atoms with van der Waals surface area (Å²) < 4.78 is 5.27. The first-order valence-electron chi connectivity index (χ1n) is 9.24. The van der Waals surface area contributed by atoms with Crippen LogP contribution in [0.25, 0.3) is 0 Å². The molecule has 6 heteroatoms. The molecule has 1 aromatic carbocycles. The molecule has 2 fully saturated rings. The summed E-state index contributed by atoms with van der Waals surface area (Å²) in [7, 11) is 1.54. The molecule has 0 spiro atoms. The van der Waals surface area contributed by atoms with Crippen LogP contribution in [-0.4, -0.2) is 66.7 Å². The van der Waals surface area contributed by atoms with E-state index in [9.17, 15) is 9.90 Å². The van der Waals surface area contributed by atoms with Gasteiger partial charge in [-0.15, -0.1) is 0 Å². The molecule has 2 aliphatic heterocycles. The van der Waals surface area contributed by atoms with Gasteiger partial charge >= 0.3 is 0 Å². The van der Waals surface area contributed by atoms with E-state index in [1.165, 1.54) is 13.5 Å². The maximum Gasteiger partial charge on any atom is 0.244 e. The summed E-state index contributed by atoms with van der Waals surface area (Å²) in [6, 6.07) is 5.21. The summed E-state index contributed by atoms with van der Waals surface area (Å²) in [6.07, 6.45) is 3.36. The van der Waals surface area contributed by atoms with Crippen molar-refractivity contribution in [1.82, 2.24) is 15.1 Å². The molecule has 2 saturated heterocycles. The maximum atomic E-state index is 13.4. The topological polar surface area (TPSA) is 65.0 Å². The summed E-state index contributed by atoms with van der Waals surface area (Å²) in [6.45, 7) is 6.41. The number of rotatable bonds is 4. The molecule has 0 radical (unpaired) electrons. The molecule has 2 atom stereocenters. The van der Waals surface area contributed by atoms with Gasteiger partial charge in [0.2, 0.25) is 5.91 Å². The smallest absolute Gasteiger partial charge is 0.244 e. The SMILES string of the molecule is COc1cc(C(C(=O)N2CCCCC2)N2CCNCC2C)ccc1O. The van der Waals surface area contributed by atoms with Crippen molar-refractivity contribution < 1.29 is 14.6 Å². The maximum absolute atomic E-state index is 13.4. The van der Waals surface area contributed by atoms with Crippen LogP contribution in [0.5, 0.6) is 11.5 Å². The molecule has 138 valence electrons. The number of nitrogens with one attached hydrogen (secondary N) is 1. The Morgan fingerprint density at radius 3 is 2.72 bits per heavy atom.